The SMILES string of the molecule is COC(C)c1nc2n(c1N)CCCC2. The fraction of sp³-hybridized carbons (Fsp3) is 0.700. The molecule has 2 heterocycles. The fourth-order valence-electron chi connectivity index (χ4n) is 1.94. The lowest BCUT2D eigenvalue weighted by molar-refractivity contribution is 0.117. The quantitative estimate of drug-likeness (QED) is 0.778. The predicted molar refractivity (Wildman–Crippen MR) is 55.0 cm³/mol. The van der Waals surface area contributed by atoms with Gasteiger partial charge in [-0.15, -0.1) is 0 Å². The first-order chi connectivity index (χ1) is 6.74. The second-order valence-corrected chi connectivity index (χ2v) is 3.79. The molecule has 1 unspecified atom stereocenters. The summed E-state index contributed by atoms with van der Waals surface area (Å²) in [6.45, 7) is 2.98. The molecule has 0 saturated carbocycles. The summed E-state index contributed by atoms with van der Waals surface area (Å²) in [6.07, 6.45) is 3.46. The number of anilines is 1. The van der Waals surface area contributed by atoms with Crippen LogP contribution < -0.4 is 5.73 Å². The zero-order chi connectivity index (χ0) is 10.1. The van der Waals surface area contributed by atoms with Crippen LogP contribution >= 0.6 is 0 Å². The summed E-state index contributed by atoms with van der Waals surface area (Å²) in [5.74, 6) is 1.90. The normalized spacial score (nSPS) is 17.9. The van der Waals surface area contributed by atoms with Crippen LogP contribution in [0, 0.1) is 0 Å². The molecule has 0 bridgehead atoms. The standard InChI is InChI=1S/C10H17N3O/c1-7(14-2)9-10(11)13-6-4-3-5-8(13)12-9/h7H,3-6,11H2,1-2H3. The van der Waals surface area contributed by atoms with Crippen molar-refractivity contribution >= 4 is 5.82 Å². The number of fused-ring (bicyclic) bond motifs is 1. The third kappa shape index (κ3) is 1.39. The van der Waals surface area contributed by atoms with E-state index in [0.717, 1.165) is 30.3 Å². The van der Waals surface area contributed by atoms with E-state index in [2.05, 4.69) is 9.55 Å². The third-order valence-electron chi connectivity index (χ3n) is 2.89. The van der Waals surface area contributed by atoms with Crippen LogP contribution in [0.15, 0.2) is 0 Å². The van der Waals surface area contributed by atoms with Crippen molar-refractivity contribution in [1.82, 2.24) is 9.55 Å². The molecule has 14 heavy (non-hydrogen) atoms. The lowest BCUT2D eigenvalue weighted by atomic mass is 10.2. The molecule has 78 valence electrons. The molecule has 4 nitrogen and oxygen atoms in total. The van der Waals surface area contributed by atoms with Crippen molar-refractivity contribution in [2.45, 2.75) is 38.8 Å². The molecule has 0 aromatic carbocycles. The molecule has 2 rings (SSSR count). The highest BCUT2D eigenvalue weighted by atomic mass is 16.5. The van der Waals surface area contributed by atoms with Gasteiger partial charge in [0.1, 0.15) is 17.3 Å². The maximum atomic E-state index is 6.02. The van der Waals surface area contributed by atoms with Crippen molar-refractivity contribution in [3.63, 3.8) is 0 Å². The third-order valence-corrected chi connectivity index (χ3v) is 2.89. The lowest BCUT2D eigenvalue weighted by Crippen LogP contribution is -2.12. The Morgan fingerprint density at radius 2 is 2.29 bits per heavy atom. The Morgan fingerprint density at radius 1 is 1.50 bits per heavy atom. The summed E-state index contributed by atoms with van der Waals surface area (Å²) < 4.78 is 7.36. The van der Waals surface area contributed by atoms with Crippen LogP contribution in [0.5, 0.6) is 0 Å². The van der Waals surface area contributed by atoms with Gasteiger partial charge in [-0.1, -0.05) is 0 Å². The molecule has 0 aliphatic carbocycles. The summed E-state index contributed by atoms with van der Waals surface area (Å²) in [7, 11) is 1.68. The number of aryl methyl sites for hydroxylation is 1. The van der Waals surface area contributed by atoms with Gasteiger partial charge >= 0.3 is 0 Å². The molecule has 0 radical (unpaired) electrons. The predicted octanol–water partition coefficient (Wildman–Crippen LogP) is 1.51. The topological polar surface area (TPSA) is 53.1 Å². The Bertz CT molecular complexity index is 332. The Labute approximate surface area is 84.1 Å². The highest BCUT2D eigenvalue weighted by Crippen LogP contribution is 2.26. The van der Waals surface area contributed by atoms with Gasteiger partial charge in [0.05, 0.1) is 6.10 Å². The van der Waals surface area contributed by atoms with Gasteiger partial charge in [0.25, 0.3) is 0 Å². The first-order valence-corrected chi connectivity index (χ1v) is 5.11. The fourth-order valence-corrected chi connectivity index (χ4v) is 1.94. The molecule has 0 amide bonds. The van der Waals surface area contributed by atoms with Crippen molar-refractivity contribution in [2.75, 3.05) is 12.8 Å². The summed E-state index contributed by atoms with van der Waals surface area (Å²) >= 11 is 0. The Hall–Kier alpha value is -1.03. The van der Waals surface area contributed by atoms with Gasteiger partial charge in [-0.05, 0) is 19.8 Å². The number of nitrogens with zero attached hydrogens (tertiary/aromatic N) is 2. The van der Waals surface area contributed by atoms with E-state index in [0.29, 0.717) is 0 Å². The number of rotatable bonds is 2. The number of ether oxygens (including phenoxy) is 1. The van der Waals surface area contributed by atoms with E-state index in [9.17, 15) is 0 Å². The van der Waals surface area contributed by atoms with E-state index >= 15 is 0 Å². The van der Waals surface area contributed by atoms with Crippen molar-refractivity contribution in [1.29, 1.82) is 0 Å². The van der Waals surface area contributed by atoms with E-state index in [1.54, 1.807) is 7.11 Å². The zero-order valence-corrected chi connectivity index (χ0v) is 8.79. The van der Waals surface area contributed by atoms with Crippen LogP contribution in [0.4, 0.5) is 5.82 Å². The van der Waals surface area contributed by atoms with Crippen molar-refractivity contribution in [3.05, 3.63) is 11.5 Å². The zero-order valence-electron chi connectivity index (χ0n) is 8.79. The Kier molecular flexibility index (Phi) is 2.46. The first-order valence-electron chi connectivity index (χ1n) is 5.11. The summed E-state index contributed by atoms with van der Waals surface area (Å²) in [5.41, 5.74) is 6.91. The molecule has 1 aliphatic heterocycles. The average Bonchev–Trinajstić information content (AvgIpc) is 2.56. The van der Waals surface area contributed by atoms with Crippen LogP contribution in [-0.4, -0.2) is 16.7 Å². The maximum absolute atomic E-state index is 6.02. The van der Waals surface area contributed by atoms with Gasteiger partial charge < -0.3 is 15.0 Å². The number of aromatic nitrogens is 2. The molecule has 0 spiro atoms. The van der Waals surface area contributed by atoms with Crippen molar-refractivity contribution < 1.29 is 4.74 Å². The molecule has 0 fully saturated rings. The van der Waals surface area contributed by atoms with Gasteiger partial charge in [0.15, 0.2) is 0 Å². The summed E-state index contributed by atoms with van der Waals surface area (Å²) in [4.78, 5) is 4.53. The maximum Gasteiger partial charge on any atom is 0.129 e. The largest absolute Gasteiger partial charge is 0.383 e. The Balaban J connectivity index is 2.38. The highest BCUT2D eigenvalue weighted by Gasteiger charge is 2.20. The second kappa shape index (κ2) is 3.61. The number of nitrogen functional groups attached to an aromatic ring is 1. The minimum absolute atomic E-state index is 0.00639. The van der Waals surface area contributed by atoms with E-state index in [1.165, 1.54) is 12.8 Å². The lowest BCUT2D eigenvalue weighted by Gasteiger charge is -2.14. The molecule has 0 saturated heterocycles. The molecule has 1 aliphatic rings. The van der Waals surface area contributed by atoms with E-state index in [1.807, 2.05) is 6.92 Å². The van der Waals surface area contributed by atoms with Gasteiger partial charge in [-0.3, -0.25) is 0 Å². The molecule has 1 aromatic heterocycles. The highest BCUT2D eigenvalue weighted by molar-refractivity contribution is 5.40. The van der Waals surface area contributed by atoms with Crippen LogP contribution in [0.1, 0.15) is 37.4 Å². The molecular formula is C10H17N3O. The summed E-state index contributed by atoms with van der Waals surface area (Å²) in [5, 5.41) is 0. The van der Waals surface area contributed by atoms with E-state index < -0.39 is 0 Å². The van der Waals surface area contributed by atoms with Gasteiger partial charge in [-0.2, -0.15) is 0 Å². The monoisotopic (exact) mass is 195 g/mol. The molecule has 4 heteroatoms. The second-order valence-electron chi connectivity index (χ2n) is 3.79. The average molecular weight is 195 g/mol. The van der Waals surface area contributed by atoms with E-state index in [-0.39, 0.29) is 6.10 Å². The Morgan fingerprint density at radius 3 is 2.93 bits per heavy atom. The van der Waals surface area contributed by atoms with E-state index in [4.69, 9.17) is 10.5 Å². The van der Waals surface area contributed by atoms with Crippen molar-refractivity contribution in [2.24, 2.45) is 0 Å². The smallest absolute Gasteiger partial charge is 0.129 e. The molecule has 2 N–H and O–H groups in total. The minimum Gasteiger partial charge on any atom is -0.383 e. The van der Waals surface area contributed by atoms with Crippen LogP contribution in [-0.2, 0) is 17.7 Å². The first kappa shape index (κ1) is 9.52. The van der Waals surface area contributed by atoms with Crippen LogP contribution in [0.2, 0.25) is 0 Å². The number of methoxy groups -OCH3 is 1. The van der Waals surface area contributed by atoms with Crippen molar-refractivity contribution in [3.8, 4) is 0 Å². The molecular weight excluding hydrogens is 178 g/mol. The molecule has 1 aromatic rings. The number of hydrogen-bond acceptors (Lipinski definition) is 3. The van der Waals surface area contributed by atoms with Crippen LogP contribution in [0.25, 0.3) is 0 Å². The number of nitrogens with two attached hydrogens (primary N) is 1. The molecule has 1 atom stereocenters. The number of imidazole rings is 1. The summed E-state index contributed by atoms with van der Waals surface area (Å²) in [6, 6.07) is 0. The van der Waals surface area contributed by atoms with Crippen LogP contribution in [0.3, 0.4) is 0 Å². The van der Waals surface area contributed by atoms with Gasteiger partial charge in [-0.25, -0.2) is 4.98 Å². The number of hydrogen-bond donors (Lipinski definition) is 1. The van der Waals surface area contributed by atoms with Gasteiger partial charge in [0.2, 0.25) is 0 Å². The van der Waals surface area contributed by atoms with Gasteiger partial charge in [0, 0.05) is 20.1 Å². The minimum atomic E-state index is -0.00639.